The van der Waals surface area contributed by atoms with Crippen LogP contribution < -0.4 is 10.3 Å². The molecule has 1 aromatic heterocycles. The van der Waals surface area contributed by atoms with Gasteiger partial charge in [0.05, 0.1) is 4.34 Å². The molecule has 0 spiro atoms. The Hall–Kier alpha value is -1.41. The molecule has 0 bridgehead atoms. The molecule has 8 heteroatoms. The third-order valence-corrected chi connectivity index (χ3v) is 5.12. The first-order chi connectivity index (χ1) is 8.99. The summed E-state index contributed by atoms with van der Waals surface area (Å²) in [6, 6.07) is 11.1. The Labute approximate surface area is 119 Å². The van der Waals surface area contributed by atoms with Gasteiger partial charge in [-0.3, -0.25) is 10.2 Å². The molecule has 0 unspecified atom stereocenters. The molecular formula is C11H9ClN2O3S2. The summed E-state index contributed by atoms with van der Waals surface area (Å²) in [5, 5.41) is 0. The van der Waals surface area contributed by atoms with Crippen LogP contribution in [0.3, 0.4) is 0 Å². The Kier molecular flexibility index (Phi) is 4.20. The zero-order chi connectivity index (χ0) is 13.9. The van der Waals surface area contributed by atoms with Gasteiger partial charge in [-0.1, -0.05) is 29.8 Å². The minimum atomic E-state index is -3.79. The van der Waals surface area contributed by atoms with E-state index in [2.05, 4.69) is 5.43 Å². The molecule has 2 aromatic rings. The van der Waals surface area contributed by atoms with E-state index in [1.165, 1.54) is 12.1 Å². The number of hydrazine groups is 1. The number of benzene rings is 1. The van der Waals surface area contributed by atoms with E-state index in [9.17, 15) is 13.2 Å². The van der Waals surface area contributed by atoms with Crippen LogP contribution in [0.25, 0.3) is 0 Å². The maximum Gasteiger partial charge on any atom is 0.266 e. The molecule has 19 heavy (non-hydrogen) atoms. The fourth-order valence-corrected chi connectivity index (χ4v) is 3.59. The molecule has 0 fully saturated rings. The van der Waals surface area contributed by atoms with Crippen molar-refractivity contribution in [1.82, 2.24) is 10.3 Å². The smallest absolute Gasteiger partial charge is 0.266 e. The minimum absolute atomic E-state index is 0.0332. The van der Waals surface area contributed by atoms with E-state index in [1.807, 2.05) is 4.83 Å². The largest absolute Gasteiger partial charge is 0.273 e. The summed E-state index contributed by atoms with van der Waals surface area (Å²) < 4.78 is 24.0. The molecule has 0 radical (unpaired) electrons. The highest BCUT2D eigenvalue weighted by atomic mass is 35.5. The first-order valence-corrected chi connectivity index (χ1v) is 7.79. The van der Waals surface area contributed by atoms with Gasteiger partial charge in [0.1, 0.15) is 4.21 Å². The maximum absolute atomic E-state index is 11.8. The molecule has 0 atom stereocenters. The van der Waals surface area contributed by atoms with E-state index in [1.54, 1.807) is 30.3 Å². The molecule has 0 aliphatic carbocycles. The number of halogens is 1. The van der Waals surface area contributed by atoms with Crippen molar-refractivity contribution in [3.05, 3.63) is 52.4 Å². The first-order valence-electron chi connectivity index (χ1n) is 5.11. The lowest BCUT2D eigenvalue weighted by atomic mass is 10.2. The average Bonchev–Trinajstić information content (AvgIpc) is 2.85. The highest BCUT2D eigenvalue weighted by Crippen LogP contribution is 2.24. The van der Waals surface area contributed by atoms with Crippen molar-refractivity contribution in [2.24, 2.45) is 0 Å². The van der Waals surface area contributed by atoms with Gasteiger partial charge in [-0.05, 0) is 24.3 Å². The van der Waals surface area contributed by atoms with Crippen molar-refractivity contribution in [2.45, 2.75) is 4.21 Å². The van der Waals surface area contributed by atoms with Crippen LogP contribution in [-0.4, -0.2) is 14.3 Å². The summed E-state index contributed by atoms with van der Waals surface area (Å²) in [6.07, 6.45) is 0. The minimum Gasteiger partial charge on any atom is -0.273 e. The zero-order valence-electron chi connectivity index (χ0n) is 9.46. The maximum atomic E-state index is 11.8. The molecular weight excluding hydrogens is 308 g/mol. The van der Waals surface area contributed by atoms with Crippen molar-refractivity contribution < 1.29 is 13.2 Å². The first kappa shape index (κ1) is 14.0. The second-order valence-electron chi connectivity index (χ2n) is 3.48. The molecule has 2 rings (SSSR count). The van der Waals surface area contributed by atoms with Gasteiger partial charge in [0.25, 0.3) is 15.9 Å². The predicted molar refractivity (Wildman–Crippen MR) is 73.6 cm³/mol. The third-order valence-electron chi connectivity index (χ3n) is 2.15. The van der Waals surface area contributed by atoms with Gasteiger partial charge in [0, 0.05) is 5.56 Å². The van der Waals surface area contributed by atoms with Crippen LogP contribution in [-0.2, 0) is 10.0 Å². The van der Waals surface area contributed by atoms with Gasteiger partial charge in [0.2, 0.25) is 0 Å². The van der Waals surface area contributed by atoms with E-state index in [-0.39, 0.29) is 4.21 Å². The van der Waals surface area contributed by atoms with Crippen LogP contribution in [0.5, 0.6) is 0 Å². The molecule has 0 aliphatic heterocycles. The Bertz CT molecular complexity index is 683. The van der Waals surface area contributed by atoms with Crippen LogP contribution in [0.4, 0.5) is 0 Å². The SMILES string of the molecule is O=C(NNS(=O)(=O)c1ccc(Cl)s1)c1ccccc1. The Morgan fingerprint density at radius 1 is 1.11 bits per heavy atom. The van der Waals surface area contributed by atoms with E-state index in [4.69, 9.17) is 11.6 Å². The topological polar surface area (TPSA) is 75.3 Å². The summed E-state index contributed by atoms with van der Waals surface area (Å²) in [6.45, 7) is 0. The summed E-state index contributed by atoms with van der Waals surface area (Å²) in [5.74, 6) is -0.535. The number of hydrogen-bond acceptors (Lipinski definition) is 4. The zero-order valence-corrected chi connectivity index (χ0v) is 11.8. The van der Waals surface area contributed by atoms with Crippen molar-refractivity contribution >= 4 is 38.9 Å². The standard InChI is InChI=1S/C11H9ClN2O3S2/c12-9-6-7-10(18-9)19(16,17)14-13-11(15)8-4-2-1-3-5-8/h1-7,14H,(H,13,15). The molecule has 0 aliphatic rings. The predicted octanol–water partition coefficient (Wildman–Crippen LogP) is 2.02. The molecule has 0 saturated heterocycles. The lowest BCUT2D eigenvalue weighted by Crippen LogP contribution is -2.41. The van der Waals surface area contributed by atoms with Gasteiger partial charge in [-0.25, -0.2) is 8.42 Å². The highest BCUT2D eigenvalue weighted by Gasteiger charge is 2.17. The number of carbonyl (C=O) groups excluding carboxylic acids is 1. The summed E-state index contributed by atoms with van der Waals surface area (Å²) in [5.41, 5.74) is 2.49. The van der Waals surface area contributed by atoms with Gasteiger partial charge in [-0.2, -0.15) is 0 Å². The second kappa shape index (κ2) is 5.70. The van der Waals surface area contributed by atoms with E-state index in [0.29, 0.717) is 9.90 Å². The van der Waals surface area contributed by atoms with Crippen LogP contribution >= 0.6 is 22.9 Å². The van der Waals surface area contributed by atoms with E-state index < -0.39 is 15.9 Å². The number of hydrogen-bond donors (Lipinski definition) is 2. The second-order valence-corrected chi connectivity index (χ2v) is 7.11. The van der Waals surface area contributed by atoms with Gasteiger partial charge >= 0.3 is 0 Å². The number of amides is 1. The molecule has 1 amide bonds. The lowest BCUT2D eigenvalue weighted by Gasteiger charge is -2.06. The van der Waals surface area contributed by atoms with Crippen molar-refractivity contribution in [3.8, 4) is 0 Å². The van der Waals surface area contributed by atoms with Crippen LogP contribution in [0.1, 0.15) is 10.4 Å². The van der Waals surface area contributed by atoms with Crippen LogP contribution in [0.2, 0.25) is 4.34 Å². The third kappa shape index (κ3) is 3.54. The number of thiophene rings is 1. The van der Waals surface area contributed by atoms with Gasteiger partial charge < -0.3 is 0 Å². The fourth-order valence-electron chi connectivity index (χ4n) is 1.27. The molecule has 2 N–H and O–H groups in total. The number of sulfonamides is 1. The number of rotatable bonds is 4. The quantitative estimate of drug-likeness (QED) is 0.847. The summed E-state index contributed by atoms with van der Waals surface area (Å²) >= 11 is 6.57. The highest BCUT2D eigenvalue weighted by molar-refractivity contribution is 7.91. The Balaban J connectivity index is 2.05. The monoisotopic (exact) mass is 316 g/mol. The number of carbonyl (C=O) groups is 1. The Morgan fingerprint density at radius 3 is 2.37 bits per heavy atom. The van der Waals surface area contributed by atoms with Crippen molar-refractivity contribution in [3.63, 3.8) is 0 Å². The van der Waals surface area contributed by atoms with E-state index >= 15 is 0 Å². The average molecular weight is 317 g/mol. The van der Waals surface area contributed by atoms with Crippen molar-refractivity contribution in [2.75, 3.05) is 0 Å². The molecule has 1 heterocycles. The van der Waals surface area contributed by atoms with Crippen LogP contribution in [0.15, 0.2) is 46.7 Å². The van der Waals surface area contributed by atoms with Gasteiger partial charge in [0.15, 0.2) is 0 Å². The molecule has 100 valence electrons. The van der Waals surface area contributed by atoms with Crippen LogP contribution in [0, 0.1) is 0 Å². The van der Waals surface area contributed by atoms with Crippen molar-refractivity contribution in [1.29, 1.82) is 0 Å². The van der Waals surface area contributed by atoms with E-state index in [0.717, 1.165) is 11.3 Å². The summed E-state index contributed by atoms with van der Waals surface area (Å²) in [7, 11) is -3.79. The number of nitrogens with one attached hydrogen (secondary N) is 2. The summed E-state index contributed by atoms with van der Waals surface area (Å²) in [4.78, 5) is 13.7. The molecule has 1 aromatic carbocycles. The van der Waals surface area contributed by atoms with Gasteiger partial charge in [-0.15, -0.1) is 16.2 Å². The molecule has 5 nitrogen and oxygen atoms in total. The lowest BCUT2D eigenvalue weighted by molar-refractivity contribution is 0.0945. The Morgan fingerprint density at radius 2 is 1.79 bits per heavy atom. The molecule has 0 saturated carbocycles. The normalized spacial score (nSPS) is 11.2. The fraction of sp³-hybridized carbons (Fsp3) is 0.